The minimum Gasteiger partial charge on any atom is -0.371 e. The van der Waals surface area contributed by atoms with Crippen LogP contribution in [-0.2, 0) is 6.54 Å². The average molecular weight is 241 g/mol. The molecule has 0 aliphatic heterocycles. The monoisotopic (exact) mass is 241 g/mol. The van der Waals surface area contributed by atoms with Gasteiger partial charge in [0.2, 0.25) is 0 Å². The number of nitrogens with one attached hydrogen (secondary N) is 1. The summed E-state index contributed by atoms with van der Waals surface area (Å²) in [5, 5.41) is 5.72. The third-order valence-corrected chi connectivity index (χ3v) is 3.42. The number of nitrogens with zero attached hydrogens (tertiary/aromatic N) is 2. The molecule has 3 aromatic rings. The van der Waals surface area contributed by atoms with Crippen molar-refractivity contribution in [3.8, 4) is 0 Å². The second kappa shape index (κ2) is 4.51. The van der Waals surface area contributed by atoms with Crippen LogP contribution in [0.3, 0.4) is 0 Å². The third-order valence-electron chi connectivity index (χ3n) is 2.59. The van der Waals surface area contributed by atoms with E-state index >= 15 is 0 Å². The van der Waals surface area contributed by atoms with Crippen molar-refractivity contribution >= 4 is 27.4 Å². The molecule has 1 aromatic carbocycles. The lowest BCUT2D eigenvalue weighted by atomic mass is 10.2. The summed E-state index contributed by atoms with van der Waals surface area (Å²) in [4.78, 5) is 4.00. The molecular formula is C13H11N3S. The van der Waals surface area contributed by atoms with Crippen molar-refractivity contribution in [1.29, 1.82) is 0 Å². The second-order valence-electron chi connectivity index (χ2n) is 3.74. The highest BCUT2D eigenvalue weighted by molar-refractivity contribution is 7.11. The number of benzene rings is 1. The Morgan fingerprint density at radius 3 is 2.76 bits per heavy atom. The van der Waals surface area contributed by atoms with E-state index in [1.807, 2.05) is 42.7 Å². The molecule has 0 spiro atoms. The molecule has 2 aromatic heterocycles. The van der Waals surface area contributed by atoms with Crippen LogP contribution in [0.4, 0.5) is 5.00 Å². The Kier molecular flexibility index (Phi) is 2.71. The van der Waals surface area contributed by atoms with E-state index in [1.165, 1.54) is 22.5 Å². The Bertz CT molecular complexity index is 619. The van der Waals surface area contributed by atoms with Crippen molar-refractivity contribution < 1.29 is 0 Å². The first kappa shape index (κ1) is 10.2. The predicted molar refractivity (Wildman–Crippen MR) is 71.2 cm³/mol. The zero-order valence-electron chi connectivity index (χ0n) is 9.13. The normalized spacial score (nSPS) is 10.6. The number of fused-ring (bicyclic) bond motifs is 1. The molecule has 0 amide bonds. The van der Waals surface area contributed by atoms with E-state index in [9.17, 15) is 0 Å². The molecular weight excluding hydrogens is 230 g/mol. The lowest BCUT2D eigenvalue weighted by Crippen LogP contribution is -1.97. The van der Waals surface area contributed by atoms with Crippen molar-refractivity contribution in [3.63, 3.8) is 0 Å². The third kappa shape index (κ3) is 2.12. The SMILES string of the molecule is c1ccc2c(NCc3ccncc3)snc2c1. The zero-order valence-corrected chi connectivity index (χ0v) is 9.95. The highest BCUT2D eigenvalue weighted by Gasteiger charge is 2.03. The Labute approximate surface area is 103 Å². The second-order valence-corrected chi connectivity index (χ2v) is 4.51. The summed E-state index contributed by atoms with van der Waals surface area (Å²) in [5.41, 5.74) is 2.27. The van der Waals surface area contributed by atoms with E-state index in [2.05, 4.69) is 20.7 Å². The molecule has 0 atom stereocenters. The number of hydrogen-bond donors (Lipinski definition) is 1. The Balaban J connectivity index is 1.82. The fourth-order valence-corrected chi connectivity index (χ4v) is 2.46. The lowest BCUT2D eigenvalue weighted by Gasteiger charge is -2.03. The summed E-state index contributed by atoms with van der Waals surface area (Å²) >= 11 is 1.51. The van der Waals surface area contributed by atoms with Gasteiger partial charge in [0.05, 0.1) is 5.52 Å². The van der Waals surface area contributed by atoms with Gasteiger partial charge in [-0.25, -0.2) is 0 Å². The van der Waals surface area contributed by atoms with Crippen molar-refractivity contribution in [2.75, 3.05) is 5.32 Å². The van der Waals surface area contributed by atoms with Crippen LogP contribution in [0.1, 0.15) is 5.56 Å². The van der Waals surface area contributed by atoms with Crippen molar-refractivity contribution in [2.45, 2.75) is 6.54 Å². The van der Waals surface area contributed by atoms with Gasteiger partial charge in [0.1, 0.15) is 5.00 Å². The molecule has 0 aliphatic carbocycles. The molecule has 84 valence electrons. The fraction of sp³-hybridized carbons (Fsp3) is 0.0769. The largest absolute Gasteiger partial charge is 0.371 e. The predicted octanol–water partition coefficient (Wildman–Crippen LogP) is 3.30. The van der Waals surface area contributed by atoms with E-state index in [0.29, 0.717) is 0 Å². The smallest absolute Gasteiger partial charge is 0.117 e. The van der Waals surface area contributed by atoms with Crippen LogP contribution in [0, 0.1) is 0 Å². The molecule has 17 heavy (non-hydrogen) atoms. The Hall–Kier alpha value is -1.94. The molecule has 4 heteroatoms. The van der Waals surface area contributed by atoms with Crippen LogP contribution in [0.15, 0.2) is 48.8 Å². The summed E-state index contributed by atoms with van der Waals surface area (Å²) in [6, 6.07) is 12.2. The average Bonchev–Trinajstić information content (AvgIpc) is 2.81. The van der Waals surface area contributed by atoms with Crippen LogP contribution in [-0.4, -0.2) is 9.36 Å². The van der Waals surface area contributed by atoms with Gasteiger partial charge in [0.15, 0.2) is 0 Å². The van der Waals surface area contributed by atoms with E-state index < -0.39 is 0 Å². The molecule has 2 heterocycles. The van der Waals surface area contributed by atoms with Crippen LogP contribution in [0.2, 0.25) is 0 Å². The van der Waals surface area contributed by atoms with Gasteiger partial charge >= 0.3 is 0 Å². The van der Waals surface area contributed by atoms with Crippen LogP contribution in [0.25, 0.3) is 10.9 Å². The summed E-state index contributed by atoms with van der Waals surface area (Å²) in [5.74, 6) is 0. The molecule has 0 radical (unpaired) electrons. The minimum absolute atomic E-state index is 0.800. The number of rotatable bonds is 3. The van der Waals surface area contributed by atoms with Crippen molar-refractivity contribution in [3.05, 3.63) is 54.4 Å². The first-order valence-electron chi connectivity index (χ1n) is 5.41. The number of hydrogen-bond acceptors (Lipinski definition) is 4. The first-order valence-corrected chi connectivity index (χ1v) is 6.18. The van der Waals surface area contributed by atoms with Crippen LogP contribution in [0.5, 0.6) is 0 Å². The van der Waals surface area contributed by atoms with E-state index in [1.54, 1.807) is 0 Å². The molecule has 0 saturated carbocycles. The molecule has 1 N–H and O–H groups in total. The summed E-state index contributed by atoms with van der Waals surface area (Å²) in [7, 11) is 0. The van der Waals surface area contributed by atoms with E-state index in [0.717, 1.165) is 17.1 Å². The summed E-state index contributed by atoms with van der Waals surface area (Å²) in [6.07, 6.45) is 3.61. The Morgan fingerprint density at radius 2 is 1.88 bits per heavy atom. The van der Waals surface area contributed by atoms with Crippen LogP contribution < -0.4 is 5.32 Å². The molecule has 3 nitrogen and oxygen atoms in total. The zero-order chi connectivity index (χ0) is 11.5. The number of pyridine rings is 1. The van der Waals surface area contributed by atoms with Crippen molar-refractivity contribution in [1.82, 2.24) is 9.36 Å². The molecule has 0 fully saturated rings. The molecule has 0 bridgehead atoms. The van der Waals surface area contributed by atoms with Gasteiger partial charge < -0.3 is 5.32 Å². The highest BCUT2D eigenvalue weighted by atomic mass is 32.1. The standard InChI is InChI=1S/C13H11N3S/c1-2-4-12-11(3-1)13(17-16-12)15-9-10-5-7-14-8-6-10/h1-8,15H,9H2. The molecule has 0 aliphatic rings. The summed E-state index contributed by atoms with van der Waals surface area (Å²) in [6.45, 7) is 0.800. The van der Waals surface area contributed by atoms with Gasteiger partial charge in [-0.05, 0) is 41.4 Å². The molecule has 0 unspecified atom stereocenters. The van der Waals surface area contributed by atoms with Gasteiger partial charge in [-0.2, -0.15) is 4.37 Å². The van der Waals surface area contributed by atoms with Gasteiger partial charge in [-0.1, -0.05) is 12.1 Å². The molecule has 0 saturated heterocycles. The Morgan fingerprint density at radius 1 is 1.06 bits per heavy atom. The quantitative estimate of drug-likeness (QED) is 0.764. The van der Waals surface area contributed by atoms with Gasteiger partial charge in [0.25, 0.3) is 0 Å². The maximum absolute atomic E-state index is 4.40. The topological polar surface area (TPSA) is 37.8 Å². The molecule has 3 rings (SSSR count). The van der Waals surface area contributed by atoms with Gasteiger partial charge in [-0.3, -0.25) is 4.98 Å². The van der Waals surface area contributed by atoms with Gasteiger partial charge in [-0.15, -0.1) is 0 Å². The maximum Gasteiger partial charge on any atom is 0.117 e. The first-order chi connectivity index (χ1) is 8.43. The van der Waals surface area contributed by atoms with Crippen LogP contribution >= 0.6 is 11.5 Å². The number of anilines is 1. The minimum atomic E-state index is 0.800. The maximum atomic E-state index is 4.40. The van der Waals surface area contributed by atoms with E-state index in [4.69, 9.17) is 0 Å². The van der Waals surface area contributed by atoms with Crippen molar-refractivity contribution in [2.24, 2.45) is 0 Å². The van der Waals surface area contributed by atoms with Gasteiger partial charge in [0, 0.05) is 24.3 Å². The lowest BCUT2D eigenvalue weighted by molar-refractivity contribution is 1.14. The fourth-order valence-electron chi connectivity index (χ4n) is 1.70. The highest BCUT2D eigenvalue weighted by Crippen LogP contribution is 2.27. The van der Waals surface area contributed by atoms with E-state index in [-0.39, 0.29) is 0 Å². The summed E-state index contributed by atoms with van der Waals surface area (Å²) < 4.78 is 4.40. The number of aromatic nitrogens is 2.